The maximum absolute atomic E-state index is 14.3. The van der Waals surface area contributed by atoms with Gasteiger partial charge in [0.05, 0.1) is 5.69 Å². The van der Waals surface area contributed by atoms with E-state index in [9.17, 15) is 4.39 Å². The molecule has 0 bridgehead atoms. The molecule has 1 aromatic heterocycles. The SMILES string of the molecule is CCCNC(C)c1c(F)cccc1-n1nc(C)nc1C. The van der Waals surface area contributed by atoms with Gasteiger partial charge < -0.3 is 5.32 Å². The molecule has 108 valence electrons. The molecule has 1 N–H and O–H groups in total. The van der Waals surface area contributed by atoms with Gasteiger partial charge in [-0.05, 0) is 45.9 Å². The lowest BCUT2D eigenvalue weighted by Crippen LogP contribution is -2.22. The van der Waals surface area contributed by atoms with E-state index in [1.54, 1.807) is 10.7 Å². The first kappa shape index (κ1) is 14.7. The molecule has 2 aromatic rings. The second-order valence-electron chi connectivity index (χ2n) is 4.97. The van der Waals surface area contributed by atoms with Gasteiger partial charge in [-0.2, -0.15) is 5.10 Å². The first-order chi connectivity index (χ1) is 9.54. The standard InChI is InChI=1S/C15H21FN4/c1-5-9-17-10(2)15-13(16)7-6-8-14(15)20-12(4)18-11(3)19-20/h6-8,10,17H,5,9H2,1-4H3. The second kappa shape index (κ2) is 6.13. The Balaban J connectivity index is 2.48. The van der Waals surface area contributed by atoms with Crippen LogP contribution in [0.2, 0.25) is 0 Å². The van der Waals surface area contributed by atoms with Crippen molar-refractivity contribution in [1.29, 1.82) is 0 Å². The molecule has 5 heteroatoms. The third-order valence-electron chi connectivity index (χ3n) is 3.27. The molecular formula is C15H21FN4. The summed E-state index contributed by atoms with van der Waals surface area (Å²) in [5.74, 6) is 1.23. The second-order valence-corrected chi connectivity index (χ2v) is 4.97. The van der Waals surface area contributed by atoms with Gasteiger partial charge in [0.2, 0.25) is 0 Å². The average molecular weight is 276 g/mol. The highest BCUT2D eigenvalue weighted by atomic mass is 19.1. The zero-order chi connectivity index (χ0) is 14.7. The van der Waals surface area contributed by atoms with E-state index in [0.717, 1.165) is 24.5 Å². The van der Waals surface area contributed by atoms with Gasteiger partial charge >= 0.3 is 0 Å². The Labute approximate surface area is 119 Å². The summed E-state index contributed by atoms with van der Waals surface area (Å²) >= 11 is 0. The molecule has 20 heavy (non-hydrogen) atoms. The van der Waals surface area contributed by atoms with Crippen LogP contribution in [0.1, 0.15) is 43.5 Å². The lowest BCUT2D eigenvalue weighted by molar-refractivity contribution is 0.523. The summed E-state index contributed by atoms with van der Waals surface area (Å²) in [6.45, 7) is 8.62. The molecule has 0 amide bonds. The molecular weight excluding hydrogens is 255 g/mol. The van der Waals surface area contributed by atoms with E-state index in [2.05, 4.69) is 22.3 Å². The van der Waals surface area contributed by atoms with Crippen LogP contribution >= 0.6 is 0 Å². The monoisotopic (exact) mass is 276 g/mol. The zero-order valence-corrected chi connectivity index (χ0v) is 12.4. The number of nitrogens with zero attached hydrogens (tertiary/aromatic N) is 3. The van der Waals surface area contributed by atoms with Gasteiger partial charge in [-0.3, -0.25) is 0 Å². The third kappa shape index (κ3) is 2.88. The first-order valence-electron chi connectivity index (χ1n) is 6.97. The lowest BCUT2D eigenvalue weighted by atomic mass is 10.0. The Morgan fingerprint density at radius 3 is 2.70 bits per heavy atom. The fraction of sp³-hybridized carbons (Fsp3) is 0.467. The molecule has 0 spiro atoms. The number of halogens is 1. The number of hydrogen-bond donors (Lipinski definition) is 1. The van der Waals surface area contributed by atoms with Gasteiger partial charge in [-0.25, -0.2) is 14.1 Å². The van der Waals surface area contributed by atoms with Crippen LogP contribution in [0.3, 0.4) is 0 Å². The topological polar surface area (TPSA) is 42.7 Å². The molecule has 0 aliphatic carbocycles. The fourth-order valence-electron chi connectivity index (χ4n) is 2.35. The molecule has 0 fully saturated rings. The minimum Gasteiger partial charge on any atom is -0.310 e. The summed E-state index contributed by atoms with van der Waals surface area (Å²) in [7, 11) is 0. The van der Waals surface area contributed by atoms with Crippen molar-refractivity contribution in [1.82, 2.24) is 20.1 Å². The van der Waals surface area contributed by atoms with Crippen LogP contribution in [0.25, 0.3) is 5.69 Å². The van der Waals surface area contributed by atoms with E-state index in [1.807, 2.05) is 26.8 Å². The Kier molecular flexibility index (Phi) is 4.49. The van der Waals surface area contributed by atoms with Crippen LogP contribution in [-0.4, -0.2) is 21.3 Å². The number of nitrogens with one attached hydrogen (secondary N) is 1. The summed E-state index contributed by atoms with van der Waals surface area (Å²) in [5.41, 5.74) is 1.38. The normalized spacial score (nSPS) is 12.7. The van der Waals surface area contributed by atoms with Gasteiger partial charge in [-0.1, -0.05) is 13.0 Å². The average Bonchev–Trinajstić information content (AvgIpc) is 2.74. The zero-order valence-electron chi connectivity index (χ0n) is 12.4. The van der Waals surface area contributed by atoms with Crippen molar-refractivity contribution in [3.63, 3.8) is 0 Å². The quantitative estimate of drug-likeness (QED) is 0.912. The Morgan fingerprint density at radius 2 is 2.10 bits per heavy atom. The molecule has 2 rings (SSSR count). The molecule has 1 atom stereocenters. The molecule has 0 saturated carbocycles. The molecule has 0 radical (unpaired) electrons. The highest BCUT2D eigenvalue weighted by molar-refractivity contribution is 5.43. The maximum Gasteiger partial charge on any atom is 0.148 e. The first-order valence-corrected chi connectivity index (χ1v) is 6.97. The molecule has 1 aromatic carbocycles. The van der Waals surface area contributed by atoms with Gasteiger partial charge in [0.25, 0.3) is 0 Å². The van der Waals surface area contributed by atoms with E-state index in [-0.39, 0.29) is 11.9 Å². The molecule has 0 aliphatic heterocycles. The highest BCUT2D eigenvalue weighted by Gasteiger charge is 2.18. The lowest BCUT2D eigenvalue weighted by Gasteiger charge is -2.18. The molecule has 1 heterocycles. The van der Waals surface area contributed by atoms with E-state index in [0.29, 0.717) is 11.4 Å². The molecule has 0 saturated heterocycles. The van der Waals surface area contributed by atoms with Crippen molar-refractivity contribution in [3.05, 3.63) is 41.2 Å². The number of benzene rings is 1. The van der Waals surface area contributed by atoms with E-state index in [4.69, 9.17) is 0 Å². The highest BCUT2D eigenvalue weighted by Crippen LogP contribution is 2.25. The summed E-state index contributed by atoms with van der Waals surface area (Å²) in [6.07, 6.45) is 1.01. The predicted molar refractivity (Wildman–Crippen MR) is 77.5 cm³/mol. The van der Waals surface area contributed by atoms with Crippen molar-refractivity contribution in [2.24, 2.45) is 0 Å². The Morgan fingerprint density at radius 1 is 1.35 bits per heavy atom. The van der Waals surface area contributed by atoms with Crippen molar-refractivity contribution in [2.75, 3.05) is 6.54 Å². The number of hydrogen-bond acceptors (Lipinski definition) is 3. The number of aryl methyl sites for hydroxylation is 2. The summed E-state index contributed by atoms with van der Waals surface area (Å²) < 4.78 is 16.0. The van der Waals surface area contributed by atoms with E-state index >= 15 is 0 Å². The minimum absolute atomic E-state index is 0.0740. The van der Waals surface area contributed by atoms with E-state index in [1.165, 1.54) is 6.07 Å². The predicted octanol–water partition coefficient (Wildman–Crippen LogP) is 3.08. The van der Waals surface area contributed by atoms with Crippen LogP contribution in [0.5, 0.6) is 0 Å². The largest absolute Gasteiger partial charge is 0.310 e. The summed E-state index contributed by atoms with van der Waals surface area (Å²) in [6, 6.07) is 5.00. The van der Waals surface area contributed by atoms with Crippen molar-refractivity contribution in [3.8, 4) is 5.69 Å². The molecule has 4 nitrogen and oxygen atoms in total. The summed E-state index contributed by atoms with van der Waals surface area (Å²) in [4.78, 5) is 4.29. The van der Waals surface area contributed by atoms with Crippen LogP contribution < -0.4 is 5.32 Å². The number of aromatic nitrogens is 3. The fourth-order valence-corrected chi connectivity index (χ4v) is 2.35. The van der Waals surface area contributed by atoms with Crippen LogP contribution in [0.4, 0.5) is 4.39 Å². The molecule has 0 aliphatic rings. The van der Waals surface area contributed by atoms with Gasteiger partial charge in [0, 0.05) is 11.6 Å². The number of rotatable bonds is 5. The van der Waals surface area contributed by atoms with Crippen LogP contribution in [-0.2, 0) is 0 Å². The van der Waals surface area contributed by atoms with Gasteiger partial charge in [0.15, 0.2) is 0 Å². The van der Waals surface area contributed by atoms with Crippen molar-refractivity contribution >= 4 is 0 Å². The minimum atomic E-state index is -0.217. The third-order valence-corrected chi connectivity index (χ3v) is 3.27. The van der Waals surface area contributed by atoms with Crippen molar-refractivity contribution in [2.45, 2.75) is 40.2 Å². The smallest absolute Gasteiger partial charge is 0.148 e. The maximum atomic E-state index is 14.3. The van der Waals surface area contributed by atoms with Gasteiger partial charge in [0.1, 0.15) is 17.5 Å². The molecule has 1 unspecified atom stereocenters. The van der Waals surface area contributed by atoms with E-state index < -0.39 is 0 Å². The van der Waals surface area contributed by atoms with Gasteiger partial charge in [-0.15, -0.1) is 0 Å². The van der Waals surface area contributed by atoms with Crippen molar-refractivity contribution < 1.29 is 4.39 Å². The Hall–Kier alpha value is -1.75. The van der Waals surface area contributed by atoms with Crippen LogP contribution in [0, 0.1) is 19.7 Å². The summed E-state index contributed by atoms with van der Waals surface area (Å²) in [5, 5.41) is 7.68. The van der Waals surface area contributed by atoms with Crippen LogP contribution in [0.15, 0.2) is 18.2 Å². The Bertz CT molecular complexity index is 592.